The first-order chi connectivity index (χ1) is 9.05. The summed E-state index contributed by atoms with van der Waals surface area (Å²) < 4.78 is 0. The third-order valence-electron chi connectivity index (χ3n) is 5.94. The Morgan fingerprint density at radius 3 is 2.47 bits per heavy atom. The van der Waals surface area contributed by atoms with E-state index in [1.165, 1.54) is 58.2 Å². The van der Waals surface area contributed by atoms with Crippen LogP contribution in [0.15, 0.2) is 0 Å². The number of nitrogens with one attached hydrogen (secondary N) is 1. The molecule has 1 saturated carbocycles. The zero-order valence-corrected chi connectivity index (χ0v) is 13.1. The summed E-state index contributed by atoms with van der Waals surface area (Å²) in [7, 11) is 0. The molecule has 3 aliphatic rings. The molecule has 2 aliphatic heterocycles. The quantitative estimate of drug-likeness (QED) is 0.782. The molecule has 2 saturated heterocycles. The molecule has 2 heteroatoms. The smallest absolute Gasteiger partial charge is 0.0235 e. The summed E-state index contributed by atoms with van der Waals surface area (Å²) in [6.45, 7) is 11.3. The lowest BCUT2D eigenvalue weighted by molar-refractivity contribution is 0.0529. The van der Waals surface area contributed by atoms with Crippen LogP contribution in [0.3, 0.4) is 0 Å². The fourth-order valence-electron chi connectivity index (χ4n) is 4.91. The van der Waals surface area contributed by atoms with Gasteiger partial charge in [-0.3, -0.25) is 4.90 Å². The van der Waals surface area contributed by atoms with Gasteiger partial charge in [0.15, 0.2) is 0 Å². The SMILES string of the molecule is CC(C)(C)C1CCCCC1N1CC2CCCNC2C1. The van der Waals surface area contributed by atoms with Crippen LogP contribution in [0.5, 0.6) is 0 Å². The van der Waals surface area contributed by atoms with Crippen LogP contribution in [0.4, 0.5) is 0 Å². The molecule has 1 N–H and O–H groups in total. The maximum Gasteiger partial charge on any atom is 0.0235 e. The number of rotatable bonds is 1. The van der Waals surface area contributed by atoms with Crippen molar-refractivity contribution < 1.29 is 0 Å². The topological polar surface area (TPSA) is 15.3 Å². The standard InChI is InChI=1S/C17H32N2/c1-17(2,3)14-8-4-5-9-16(14)19-11-13-7-6-10-18-15(13)12-19/h13-16,18H,4-12H2,1-3H3. The van der Waals surface area contributed by atoms with E-state index >= 15 is 0 Å². The molecule has 0 radical (unpaired) electrons. The van der Waals surface area contributed by atoms with Crippen molar-refractivity contribution in [2.75, 3.05) is 19.6 Å². The second-order valence-electron chi connectivity index (χ2n) is 8.24. The number of fused-ring (bicyclic) bond motifs is 1. The van der Waals surface area contributed by atoms with Crippen molar-refractivity contribution in [1.29, 1.82) is 0 Å². The predicted molar refractivity (Wildman–Crippen MR) is 81.3 cm³/mol. The highest BCUT2D eigenvalue weighted by atomic mass is 15.2. The molecule has 0 aromatic heterocycles. The Labute approximate surface area is 119 Å². The van der Waals surface area contributed by atoms with E-state index in [2.05, 4.69) is 31.0 Å². The summed E-state index contributed by atoms with van der Waals surface area (Å²) in [4.78, 5) is 2.86. The zero-order chi connectivity index (χ0) is 13.5. The van der Waals surface area contributed by atoms with E-state index in [-0.39, 0.29) is 0 Å². The molecule has 0 amide bonds. The van der Waals surface area contributed by atoms with Gasteiger partial charge >= 0.3 is 0 Å². The van der Waals surface area contributed by atoms with Gasteiger partial charge in [0.05, 0.1) is 0 Å². The lowest BCUT2D eigenvalue weighted by Crippen LogP contribution is -2.47. The molecule has 0 bridgehead atoms. The van der Waals surface area contributed by atoms with Crippen LogP contribution >= 0.6 is 0 Å². The second-order valence-corrected chi connectivity index (χ2v) is 8.24. The zero-order valence-electron chi connectivity index (χ0n) is 13.1. The van der Waals surface area contributed by atoms with Crippen molar-refractivity contribution in [3.8, 4) is 0 Å². The van der Waals surface area contributed by atoms with Crippen LogP contribution < -0.4 is 5.32 Å². The van der Waals surface area contributed by atoms with E-state index in [1.54, 1.807) is 0 Å². The van der Waals surface area contributed by atoms with Crippen molar-refractivity contribution in [1.82, 2.24) is 10.2 Å². The Kier molecular flexibility index (Phi) is 3.92. The van der Waals surface area contributed by atoms with Gasteiger partial charge < -0.3 is 5.32 Å². The Morgan fingerprint density at radius 1 is 0.947 bits per heavy atom. The van der Waals surface area contributed by atoms with Crippen molar-refractivity contribution in [2.24, 2.45) is 17.3 Å². The molecule has 0 aromatic carbocycles. The van der Waals surface area contributed by atoms with Gasteiger partial charge in [-0.25, -0.2) is 0 Å². The fourth-order valence-corrected chi connectivity index (χ4v) is 4.91. The van der Waals surface area contributed by atoms with Crippen molar-refractivity contribution in [2.45, 2.75) is 71.4 Å². The van der Waals surface area contributed by atoms with Gasteiger partial charge in [0.2, 0.25) is 0 Å². The van der Waals surface area contributed by atoms with Crippen LogP contribution in [-0.4, -0.2) is 36.6 Å². The Bertz CT molecular complexity index is 293. The highest BCUT2D eigenvalue weighted by Gasteiger charge is 2.42. The molecule has 2 heterocycles. The van der Waals surface area contributed by atoms with Gasteiger partial charge in [0.1, 0.15) is 0 Å². The lowest BCUT2D eigenvalue weighted by Gasteiger charge is -2.44. The van der Waals surface area contributed by atoms with Gasteiger partial charge in [-0.2, -0.15) is 0 Å². The maximum atomic E-state index is 3.76. The van der Waals surface area contributed by atoms with E-state index in [0.717, 1.165) is 23.9 Å². The molecule has 0 aromatic rings. The Balaban J connectivity index is 1.69. The molecule has 110 valence electrons. The summed E-state index contributed by atoms with van der Waals surface area (Å²) in [5.41, 5.74) is 0.478. The monoisotopic (exact) mass is 264 g/mol. The molecule has 2 nitrogen and oxygen atoms in total. The molecule has 19 heavy (non-hydrogen) atoms. The Morgan fingerprint density at radius 2 is 1.74 bits per heavy atom. The first-order valence-electron chi connectivity index (χ1n) is 8.53. The number of hydrogen-bond donors (Lipinski definition) is 1. The highest BCUT2D eigenvalue weighted by molar-refractivity contribution is 4.98. The molecule has 3 rings (SSSR count). The molecular weight excluding hydrogens is 232 g/mol. The summed E-state index contributed by atoms with van der Waals surface area (Å²) in [5, 5.41) is 3.76. The summed E-state index contributed by atoms with van der Waals surface area (Å²) in [6.07, 6.45) is 8.66. The van der Waals surface area contributed by atoms with Gasteiger partial charge in [-0.1, -0.05) is 33.6 Å². The normalized spacial score (nSPS) is 41.2. The summed E-state index contributed by atoms with van der Waals surface area (Å²) in [6, 6.07) is 1.66. The third-order valence-corrected chi connectivity index (χ3v) is 5.94. The average molecular weight is 264 g/mol. The number of hydrogen-bond acceptors (Lipinski definition) is 2. The van der Waals surface area contributed by atoms with Crippen LogP contribution in [0.1, 0.15) is 59.3 Å². The van der Waals surface area contributed by atoms with Crippen molar-refractivity contribution in [3.05, 3.63) is 0 Å². The van der Waals surface area contributed by atoms with Crippen molar-refractivity contribution in [3.63, 3.8) is 0 Å². The lowest BCUT2D eigenvalue weighted by atomic mass is 9.69. The van der Waals surface area contributed by atoms with E-state index < -0.39 is 0 Å². The number of nitrogens with zero attached hydrogens (tertiary/aromatic N) is 1. The van der Waals surface area contributed by atoms with Gasteiger partial charge in [-0.05, 0) is 49.5 Å². The van der Waals surface area contributed by atoms with E-state index in [9.17, 15) is 0 Å². The molecular formula is C17H32N2. The molecule has 4 unspecified atom stereocenters. The largest absolute Gasteiger partial charge is 0.312 e. The Hall–Kier alpha value is -0.0800. The number of piperidine rings is 1. The minimum absolute atomic E-state index is 0.478. The van der Waals surface area contributed by atoms with Crippen LogP contribution in [0.25, 0.3) is 0 Å². The summed E-state index contributed by atoms with van der Waals surface area (Å²) in [5.74, 6) is 1.85. The van der Waals surface area contributed by atoms with Crippen LogP contribution in [0, 0.1) is 17.3 Å². The molecule has 4 atom stereocenters. The van der Waals surface area contributed by atoms with Gasteiger partial charge in [-0.15, -0.1) is 0 Å². The molecule has 1 aliphatic carbocycles. The maximum absolute atomic E-state index is 3.76. The van der Waals surface area contributed by atoms with E-state index in [1.807, 2.05) is 0 Å². The highest BCUT2D eigenvalue weighted by Crippen LogP contribution is 2.42. The first kappa shape index (κ1) is 13.9. The third kappa shape index (κ3) is 2.85. The molecule has 0 spiro atoms. The predicted octanol–water partition coefficient (Wildman–Crippen LogP) is 3.28. The minimum atomic E-state index is 0.478. The van der Waals surface area contributed by atoms with E-state index in [4.69, 9.17) is 0 Å². The van der Waals surface area contributed by atoms with E-state index in [0.29, 0.717) is 5.41 Å². The first-order valence-corrected chi connectivity index (χ1v) is 8.53. The summed E-state index contributed by atoms with van der Waals surface area (Å²) >= 11 is 0. The fraction of sp³-hybridized carbons (Fsp3) is 1.00. The van der Waals surface area contributed by atoms with Gasteiger partial charge in [0, 0.05) is 25.2 Å². The number of likely N-dealkylation sites (tertiary alicyclic amines) is 1. The minimum Gasteiger partial charge on any atom is -0.312 e. The van der Waals surface area contributed by atoms with Crippen molar-refractivity contribution >= 4 is 0 Å². The average Bonchev–Trinajstić information content (AvgIpc) is 2.81. The second kappa shape index (κ2) is 5.37. The molecule has 3 fully saturated rings. The van der Waals surface area contributed by atoms with Gasteiger partial charge in [0.25, 0.3) is 0 Å². The van der Waals surface area contributed by atoms with Crippen LogP contribution in [0.2, 0.25) is 0 Å². The van der Waals surface area contributed by atoms with Crippen LogP contribution in [-0.2, 0) is 0 Å².